The van der Waals surface area contributed by atoms with Crippen molar-refractivity contribution < 1.29 is 4.79 Å². The fourth-order valence-corrected chi connectivity index (χ4v) is 1.40. The van der Waals surface area contributed by atoms with E-state index >= 15 is 0 Å². The highest BCUT2D eigenvalue weighted by molar-refractivity contribution is 6.05. The van der Waals surface area contributed by atoms with E-state index in [1.165, 1.54) is 5.56 Å². The van der Waals surface area contributed by atoms with E-state index in [1.807, 2.05) is 51.0 Å². The monoisotopic (exact) mass is 203 g/mol. The molecule has 1 rings (SSSR count). The first-order valence-corrected chi connectivity index (χ1v) is 4.97. The van der Waals surface area contributed by atoms with E-state index < -0.39 is 0 Å². The largest absolute Gasteiger partial charge is 0.383 e. The molecule has 0 spiro atoms. The number of rotatable bonds is 3. The Kier molecular flexibility index (Phi) is 3.67. The normalized spacial score (nSPS) is 10.7. The van der Waals surface area contributed by atoms with Crippen molar-refractivity contribution in [3.63, 3.8) is 0 Å². The maximum Gasteiger partial charge on any atom is 0.187 e. The van der Waals surface area contributed by atoms with Crippen LogP contribution in [0.5, 0.6) is 0 Å². The molecule has 0 saturated heterocycles. The van der Waals surface area contributed by atoms with Crippen LogP contribution < -0.4 is 0 Å². The second-order valence-corrected chi connectivity index (χ2v) is 3.96. The van der Waals surface area contributed by atoms with Crippen LogP contribution in [0.3, 0.4) is 0 Å². The Morgan fingerprint density at radius 3 is 2.47 bits per heavy atom. The third-order valence-corrected chi connectivity index (χ3v) is 2.17. The molecule has 0 aliphatic rings. The molecule has 0 aromatic heterocycles. The van der Waals surface area contributed by atoms with Gasteiger partial charge < -0.3 is 4.90 Å². The summed E-state index contributed by atoms with van der Waals surface area (Å²) in [7, 11) is 3.79. The van der Waals surface area contributed by atoms with Crippen LogP contribution in [0.15, 0.2) is 30.5 Å². The first-order chi connectivity index (χ1) is 7.00. The van der Waals surface area contributed by atoms with Gasteiger partial charge >= 0.3 is 0 Å². The summed E-state index contributed by atoms with van der Waals surface area (Å²) in [4.78, 5) is 13.6. The molecule has 0 radical (unpaired) electrons. The average molecular weight is 203 g/mol. The van der Waals surface area contributed by atoms with Gasteiger partial charge in [-0.15, -0.1) is 0 Å². The van der Waals surface area contributed by atoms with E-state index in [-0.39, 0.29) is 5.78 Å². The number of carbonyl (C=O) groups is 1. The number of allylic oxidation sites excluding steroid dienone is 1. The summed E-state index contributed by atoms with van der Waals surface area (Å²) in [5.74, 6) is 0.0567. The van der Waals surface area contributed by atoms with E-state index in [1.54, 1.807) is 12.3 Å². The van der Waals surface area contributed by atoms with E-state index in [4.69, 9.17) is 0 Å². The lowest BCUT2D eigenvalue weighted by Gasteiger charge is -2.05. The Morgan fingerprint density at radius 1 is 1.27 bits per heavy atom. The molecule has 1 aromatic rings. The molecule has 0 fully saturated rings. The Hall–Kier alpha value is -1.57. The highest BCUT2D eigenvalue weighted by atomic mass is 16.1. The number of benzene rings is 1. The van der Waals surface area contributed by atoms with E-state index in [0.29, 0.717) is 0 Å². The number of carbonyl (C=O) groups excluding carboxylic acids is 1. The van der Waals surface area contributed by atoms with Gasteiger partial charge in [-0.2, -0.15) is 0 Å². The van der Waals surface area contributed by atoms with Gasteiger partial charge in [0.05, 0.1) is 0 Å². The lowest BCUT2D eigenvalue weighted by Crippen LogP contribution is -2.04. The van der Waals surface area contributed by atoms with Crippen molar-refractivity contribution in [2.75, 3.05) is 14.1 Å². The third kappa shape index (κ3) is 3.24. The Bertz CT molecular complexity index is 392. The molecule has 0 atom stereocenters. The smallest absolute Gasteiger partial charge is 0.187 e. The number of hydrogen-bond donors (Lipinski definition) is 0. The van der Waals surface area contributed by atoms with Gasteiger partial charge in [-0.25, -0.2) is 0 Å². The lowest BCUT2D eigenvalue weighted by atomic mass is 10.0. The van der Waals surface area contributed by atoms with Gasteiger partial charge in [0, 0.05) is 31.9 Å². The molecule has 0 amide bonds. The van der Waals surface area contributed by atoms with Gasteiger partial charge in [-0.1, -0.05) is 23.8 Å². The minimum atomic E-state index is 0.0567. The van der Waals surface area contributed by atoms with Crippen LogP contribution in [0.25, 0.3) is 0 Å². The molecule has 0 bridgehead atoms. The molecule has 0 saturated carbocycles. The molecule has 0 aliphatic heterocycles. The van der Waals surface area contributed by atoms with Gasteiger partial charge in [0.1, 0.15) is 0 Å². The van der Waals surface area contributed by atoms with Gasteiger partial charge in [0.25, 0.3) is 0 Å². The first kappa shape index (κ1) is 11.5. The van der Waals surface area contributed by atoms with Crippen LogP contribution in [-0.4, -0.2) is 24.8 Å². The van der Waals surface area contributed by atoms with Gasteiger partial charge in [0.15, 0.2) is 5.78 Å². The van der Waals surface area contributed by atoms with Crippen molar-refractivity contribution in [2.24, 2.45) is 0 Å². The summed E-state index contributed by atoms with van der Waals surface area (Å²) >= 11 is 0. The van der Waals surface area contributed by atoms with E-state index in [2.05, 4.69) is 0 Å². The maximum atomic E-state index is 11.8. The van der Waals surface area contributed by atoms with Gasteiger partial charge in [-0.05, 0) is 19.4 Å². The van der Waals surface area contributed by atoms with Crippen molar-refractivity contribution in [3.05, 3.63) is 47.2 Å². The van der Waals surface area contributed by atoms with Crippen LogP contribution in [-0.2, 0) is 0 Å². The molecule has 0 heterocycles. The van der Waals surface area contributed by atoms with Crippen molar-refractivity contribution in [3.8, 4) is 0 Å². The molecule has 0 N–H and O–H groups in total. The zero-order valence-electron chi connectivity index (χ0n) is 9.74. The van der Waals surface area contributed by atoms with E-state index in [9.17, 15) is 4.79 Å². The number of ketones is 1. The molecule has 0 unspecified atom stereocenters. The molecule has 2 nitrogen and oxygen atoms in total. The highest BCUT2D eigenvalue weighted by Gasteiger charge is 2.05. The summed E-state index contributed by atoms with van der Waals surface area (Å²) in [5, 5.41) is 0. The zero-order chi connectivity index (χ0) is 11.4. The lowest BCUT2D eigenvalue weighted by molar-refractivity contribution is 0.104. The topological polar surface area (TPSA) is 20.3 Å². The summed E-state index contributed by atoms with van der Waals surface area (Å²) in [6, 6.07) is 5.87. The standard InChI is InChI=1S/C13H17NO/c1-10-5-6-12(11(2)9-10)13(15)7-8-14(3)4/h5-9H,1-4H3/b8-7+. The predicted octanol–water partition coefficient (Wildman–Crippen LogP) is 2.56. The molecule has 2 heteroatoms. The van der Waals surface area contributed by atoms with Crippen molar-refractivity contribution in [2.45, 2.75) is 13.8 Å². The SMILES string of the molecule is Cc1ccc(C(=O)/C=C/N(C)C)c(C)c1. The summed E-state index contributed by atoms with van der Waals surface area (Å²) in [5.41, 5.74) is 2.99. The molecular formula is C13H17NO. The fourth-order valence-electron chi connectivity index (χ4n) is 1.40. The van der Waals surface area contributed by atoms with Gasteiger partial charge in [-0.3, -0.25) is 4.79 Å². The molecule has 0 aliphatic carbocycles. The van der Waals surface area contributed by atoms with Crippen LogP contribution >= 0.6 is 0 Å². The minimum Gasteiger partial charge on any atom is -0.383 e. The van der Waals surface area contributed by atoms with Crippen LogP contribution in [0.4, 0.5) is 0 Å². The Morgan fingerprint density at radius 2 is 1.93 bits per heavy atom. The Balaban J connectivity index is 2.92. The number of aryl methyl sites for hydroxylation is 2. The second-order valence-electron chi connectivity index (χ2n) is 3.96. The predicted molar refractivity (Wildman–Crippen MR) is 63.1 cm³/mol. The third-order valence-electron chi connectivity index (χ3n) is 2.17. The van der Waals surface area contributed by atoms with E-state index in [0.717, 1.165) is 11.1 Å². The van der Waals surface area contributed by atoms with Crippen molar-refractivity contribution >= 4 is 5.78 Å². The molecular weight excluding hydrogens is 186 g/mol. The van der Waals surface area contributed by atoms with Crippen LogP contribution in [0.2, 0.25) is 0 Å². The fraction of sp³-hybridized carbons (Fsp3) is 0.308. The van der Waals surface area contributed by atoms with Crippen LogP contribution in [0, 0.1) is 13.8 Å². The van der Waals surface area contributed by atoms with Crippen molar-refractivity contribution in [1.29, 1.82) is 0 Å². The van der Waals surface area contributed by atoms with Crippen LogP contribution in [0.1, 0.15) is 21.5 Å². The summed E-state index contributed by atoms with van der Waals surface area (Å²) < 4.78 is 0. The number of hydrogen-bond acceptors (Lipinski definition) is 2. The number of nitrogens with zero attached hydrogens (tertiary/aromatic N) is 1. The highest BCUT2D eigenvalue weighted by Crippen LogP contribution is 2.11. The molecule has 15 heavy (non-hydrogen) atoms. The quantitative estimate of drug-likeness (QED) is 0.556. The van der Waals surface area contributed by atoms with Gasteiger partial charge in [0.2, 0.25) is 0 Å². The first-order valence-electron chi connectivity index (χ1n) is 4.97. The Labute approximate surface area is 91.2 Å². The van der Waals surface area contributed by atoms with Crippen molar-refractivity contribution in [1.82, 2.24) is 4.90 Å². The second kappa shape index (κ2) is 4.78. The minimum absolute atomic E-state index is 0.0567. The average Bonchev–Trinajstić information content (AvgIpc) is 2.14. The maximum absolute atomic E-state index is 11.8. The summed E-state index contributed by atoms with van der Waals surface area (Å²) in [6.45, 7) is 3.99. The molecule has 80 valence electrons. The molecule has 1 aromatic carbocycles. The zero-order valence-corrected chi connectivity index (χ0v) is 9.74. The summed E-state index contributed by atoms with van der Waals surface area (Å²) in [6.07, 6.45) is 3.36.